The fourth-order valence-electron chi connectivity index (χ4n) is 5.50. The summed E-state index contributed by atoms with van der Waals surface area (Å²) in [6, 6.07) is 10.5. The third-order valence-electron chi connectivity index (χ3n) is 7.41. The average molecular weight is 537 g/mol. The van der Waals surface area contributed by atoms with Crippen LogP contribution in [-0.4, -0.2) is 62.3 Å². The number of nitrogens with zero attached hydrogens (tertiary/aromatic N) is 7. The number of nitriles is 1. The summed E-state index contributed by atoms with van der Waals surface area (Å²) in [6.45, 7) is 6.06. The Morgan fingerprint density at radius 2 is 1.95 bits per heavy atom. The van der Waals surface area contributed by atoms with Gasteiger partial charge in [0, 0.05) is 67.0 Å². The van der Waals surface area contributed by atoms with Crippen LogP contribution in [0.25, 0.3) is 16.6 Å². The summed E-state index contributed by atoms with van der Waals surface area (Å²) in [5, 5.41) is 14.0. The van der Waals surface area contributed by atoms with Gasteiger partial charge in [0.2, 0.25) is 5.88 Å². The Morgan fingerprint density at radius 3 is 2.60 bits per heavy atom. The smallest absolute Gasteiger partial charge is 0.250 e. The number of hydrogen-bond acceptors (Lipinski definition) is 8. The largest absolute Gasteiger partial charge is 0.479 e. The molecule has 0 amide bonds. The van der Waals surface area contributed by atoms with E-state index in [2.05, 4.69) is 37.8 Å². The number of aromatic nitrogens is 4. The molecule has 3 aliphatic rings. The molecular weight excluding hydrogens is 507 g/mol. The van der Waals surface area contributed by atoms with E-state index in [1.807, 2.05) is 44.4 Å². The first kappa shape index (κ1) is 25.8. The van der Waals surface area contributed by atoms with E-state index in [0.29, 0.717) is 29.7 Å². The summed E-state index contributed by atoms with van der Waals surface area (Å²) in [7, 11) is 1.41. The molecule has 2 unspecified atom stereocenters. The second-order valence-electron chi connectivity index (χ2n) is 10.9. The summed E-state index contributed by atoms with van der Waals surface area (Å²) in [5.41, 5.74) is 9.93. The Morgan fingerprint density at radius 1 is 1.15 bits per heavy atom. The summed E-state index contributed by atoms with van der Waals surface area (Å²) in [4.78, 5) is 13.6. The van der Waals surface area contributed by atoms with E-state index in [1.54, 1.807) is 16.9 Å². The van der Waals surface area contributed by atoms with Crippen molar-refractivity contribution in [2.24, 2.45) is 5.73 Å². The number of rotatable bonds is 5. The molecule has 0 aromatic carbocycles. The van der Waals surface area contributed by atoms with Crippen molar-refractivity contribution in [1.82, 2.24) is 24.5 Å². The predicted molar refractivity (Wildman–Crippen MR) is 149 cm³/mol. The summed E-state index contributed by atoms with van der Waals surface area (Å²) in [6.07, 6.45) is 8.01. The molecular formula is C30H29FN8O. The van der Waals surface area contributed by atoms with Crippen LogP contribution in [-0.2, 0) is 6.54 Å². The van der Waals surface area contributed by atoms with E-state index >= 15 is 0 Å². The highest BCUT2D eigenvalue weighted by Gasteiger charge is 2.44. The maximum Gasteiger partial charge on any atom is 0.250 e. The van der Waals surface area contributed by atoms with Crippen LogP contribution in [0, 0.1) is 29.0 Å². The number of fused-ring (bicyclic) bond motifs is 3. The van der Waals surface area contributed by atoms with E-state index in [4.69, 9.17) is 15.5 Å². The number of hydrogen-bond donors (Lipinski definition) is 1. The van der Waals surface area contributed by atoms with Gasteiger partial charge >= 0.3 is 0 Å². The molecule has 7 heterocycles. The Kier molecular flexibility index (Phi) is 6.38. The molecule has 40 heavy (non-hydrogen) atoms. The minimum Gasteiger partial charge on any atom is -0.479 e. The lowest BCUT2D eigenvalue weighted by Crippen LogP contribution is -2.68. The molecule has 2 atom stereocenters. The number of piperazine rings is 1. The first-order valence-electron chi connectivity index (χ1n) is 13.1. The van der Waals surface area contributed by atoms with Gasteiger partial charge in [-0.05, 0) is 50.1 Å². The standard InChI is InChI=1S/C30H29FN8O/c1-30(2,33)7-6-19-8-25(28-22(11-32)14-36-39(28)16-19)21-4-5-27(34-13-21)37-17-23-10-24(18-37)38(23)15-20-9-26(31)29(40-3)35-12-20/h4-5,8-9,12-14,16,23-24H,10,15,17-18,33H2,1-3H3. The molecule has 3 fully saturated rings. The normalized spacial score (nSPS) is 18.6. The maximum absolute atomic E-state index is 14.1. The molecule has 202 valence electrons. The Labute approximate surface area is 232 Å². The lowest BCUT2D eigenvalue weighted by molar-refractivity contribution is -0.00884. The third-order valence-corrected chi connectivity index (χ3v) is 7.41. The van der Waals surface area contributed by atoms with Gasteiger partial charge in [-0.1, -0.05) is 11.8 Å². The van der Waals surface area contributed by atoms with Gasteiger partial charge in [0.05, 0.1) is 29.9 Å². The van der Waals surface area contributed by atoms with Crippen LogP contribution in [0.1, 0.15) is 37.0 Å². The van der Waals surface area contributed by atoms with E-state index in [9.17, 15) is 9.65 Å². The third kappa shape index (κ3) is 4.84. The van der Waals surface area contributed by atoms with E-state index in [0.717, 1.165) is 47.6 Å². The minimum atomic E-state index is -0.632. The van der Waals surface area contributed by atoms with E-state index in [1.165, 1.54) is 13.2 Å². The van der Waals surface area contributed by atoms with Crippen molar-refractivity contribution in [3.63, 3.8) is 0 Å². The molecule has 0 spiro atoms. The van der Waals surface area contributed by atoms with Gasteiger partial charge in [0.25, 0.3) is 0 Å². The van der Waals surface area contributed by atoms with Crippen LogP contribution >= 0.6 is 0 Å². The predicted octanol–water partition coefficient (Wildman–Crippen LogP) is 3.36. The second kappa shape index (κ2) is 9.91. The molecule has 0 saturated carbocycles. The molecule has 0 aliphatic carbocycles. The van der Waals surface area contributed by atoms with Gasteiger partial charge < -0.3 is 15.4 Å². The topological polar surface area (TPSA) is 109 Å². The van der Waals surface area contributed by atoms with Gasteiger partial charge in [0.15, 0.2) is 5.82 Å². The number of methoxy groups -OCH3 is 1. The minimum absolute atomic E-state index is 0.0187. The lowest BCUT2D eigenvalue weighted by Gasteiger charge is -2.56. The highest BCUT2D eigenvalue weighted by Crippen LogP contribution is 2.36. The van der Waals surface area contributed by atoms with Gasteiger partial charge in [-0.15, -0.1) is 0 Å². The number of pyridine rings is 3. The molecule has 2 N–H and O–H groups in total. The van der Waals surface area contributed by atoms with Crippen LogP contribution in [0.2, 0.25) is 0 Å². The molecule has 3 aliphatic heterocycles. The Balaban J connectivity index is 1.21. The summed E-state index contributed by atoms with van der Waals surface area (Å²) >= 11 is 0. The number of nitrogens with two attached hydrogens (primary N) is 1. The summed E-state index contributed by atoms with van der Waals surface area (Å²) < 4.78 is 20.7. The Hall–Kier alpha value is -4.51. The van der Waals surface area contributed by atoms with Crippen molar-refractivity contribution in [3.8, 4) is 34.9 Å². The van der Waals surface area contributed by atoms with Crippen molar-refractivity contribution in [2.45, 2.75) is 44.4 Å². The molecule has 9 nitrogen and oxygen atoms in total. The van der Waals surface area contributed by atoms with Gasteiger partial charge in [-0.2, -0.15) is 10.4 Å². The van der Waals surface area contributed by atoms with Crippen LogP contribution in [0.5, 0.6) is 5.88 Å². The Bertz CT molecular complexity index is 1680. The lowest BCUT2D eigenvalue weighted by atomic mass is 9.87. The van der Waals surface area contributed by atoms with Crippen molar-refractivity contribution < 1.29 is 9.13 Å². The maximum atomic E-state index is 14.1. The van der Waals surface area contributed by atoms with Crippen molar-refractivity contribution in [1.29, 1.82) is 5.26 Å². The quantitative estimate of drug-likeness (QED) is 0.387. The first-order chi connectivity index (χ1) is 19.2. The number of halogens is 1. The van der Waals surface area contributed by atoms with Crippen molar-refractivity contribution >= 4 is 11.3 Å². The molecule has 3 saturated heterocycles. The van der Waals surface area contributed by atoms with E-state index in [-0.39, 0.29) is 5.88 Å². The molecule has 7 rings (SSSR count). The zero-order valence-electron chi connectivity index (χ0n) is 22.6. The number of ether oxygens (including phenoxy) is 1. The van der Waals surface area contributed by atoms with Crippen LogP contribution in [0.15, 0.2) is 49.1 Å². The highest BCUT2D eigenvalue weighted by atomic mass is 19.1. The first-order valence-corrected chi connectivity index (χ1v) is 13.1. The summed E-state index contributed by atoms with van der Waals surface area (Å²) in [5.74, 6) is 6.68. The monoisotopic (exact) mass is 536 g/mol. The fraction of sp³-hybridized carbons (Fsp3) is 0.333. The molecule has 4 aromatic rings. The SMILES string of the molecule is COc1ncc(CN2C3CC2CN(c2ccc(-c4cc(C#CC(C)(C)N)cn5ncc(C#N)c45)cn2)C3)cc1F. The number of anilines is 1. The molecule has 2 bridgehead atoms. The van der Waals surface area contributed by atoms with Crippen LogP contribution < -0.4 is 15.4 Å². The second-order valence-corrected chi connectivity index (χ2v) is 10.9. The number of piperidine rings is 1. The molecule has 4 aromatic heterocycles. The van der Waals surface area contributed by atoms with Gasteiger partial charge in [0.1, 0.15) is 11.9 Å². The van der Waals surface area contributed by atoms with Gasteiger partial charge in [-0.3, -0.25) is 4.90 Å². The van der Waals surface area contributed by atoms with Crippen molar-refractivity contribution in [3.05, 3.63) is 71.6 Å². The van der Waals surface area contributed by atoms with Crippen LogP contribution in [0.4, 0.5) is 10.2 Å². The van der Waals surface area contributed by atoms with Crippen LogP contribution in [0.3, 0.4) is 0 Å². The molecule has 10 heteroatoms. The van der Waals surface area contributed by atoms with Crippen molar-refractivity contribution in [2.75, 3.05) is 25.1 Å². The van der Waals surface area contributed by atoms with E-state index < -0.39 is 11.4 Å². The van der Waals surface area contributed by atoms with Gasteiger partial charge in [-0.25, -0.2) is 18.9 Å². The zero-order chi connectivity index (χ0) is 28.0. The zero-order valence-corrected chi connectivity index (χ0v) is 22.6. The molecule has 0 radical (unpaired) electrons. The average Bonchev–Trinajstić information content (AvgIpc) is 3.37. The highest BCUT2D eigenvalue weighted by molar-refractivity contribution is 5.85. The fourth-order valence-corrected chi connectivity index (χ4v) is 5.50.